The molecule has 8 nitrogen and oxygen atoms in total. The molecule has 2 N–H and O–H groups in total. The van der Waals surface area contributed by atoms with Crippen molar-refractivity contribution in [3.8, 4) is 22.8 Å². The lowest BCUT2D eigenvalue weighted by atomic mass is 9.94. The van der Waals surface area contributed by atoms with Crippen LogP contribution in [0.1, 0.15) is 25.8 Å². The molecule has 1 saturated heterocycles. The van der Waals surface area contributed by atoms with Gasteiger partial charge < -0.3 is 9.84 Å². The van der Waals surface area contributed by atoms with Crippen molar-refractivity contribution in [2.45, 2.75) is 25.2 Å². The Morgan fingerprint density at radius 2 is 1.97 bits per heavy atom. The van der Waals surface area contributed by atoms with Gasteiger partial charge in [-0.05, 0) is 54.2 Å². The molecule has 0 amide bonds. The molecule has 0 spiro atoms. The van der Waals surface area contributed by atoms with E-state index >= 15 is 0 Å². The number of nitrogens with one attached hydrogen (secondary N) is 1. The number of benzene rings is 2. The highest BCUT2D eigenvalue weighted by Crippen LogP contribution is 2.30. The minimum absolute atomic E-state index is 0.0609. The van der Waals surface area contributed by atoms with E-state index in [0.29, 0.717) is 41.5 Å². The summed E-state index contributed by atoms with van der Waals surface area (Å²) in [6.45, 7) is 5.29. The number of phenols is 1. The number of aromatic hydroxyl groups is 1. The molecule has 0 aliphatic carbocycles. The lowest BCUT2D eigenvalue weighted by molar-refractivity contribution is 0.222. The van der Waals surface area contributed by atoms with Gasteiger partial charge >= 0.3 is 0 Å². The first-order chi connectivity index (χ1) is 16.3. The fraction of sp³-hybridized carbons (Fsp3) is 0.333. The Morgan fingerprint density at radius 3 is 2.71 bits per heavy atom. The number of sulfonamides is 1. The Kier molecular flexibility index (Phi) is 7.20. The summed E-state index contributed by atoms with van der Waals surface area (Å²) < 4.78 is 33.2. The van der Waals surface area contributed by atoms with Crippen LogP contribution in [0.5, 0.6) is 11.5 Å². The van der Waals surface area contributed by atoms with Gasteiger partial charge in [-0.15, -0.1) is 11.3 Å². The first kappa shape index (κ1) is 24.2. The highest BCUT2D eigenvalue weighted by atomic mass is 32.2. The maximum absolute atomic E-state index is 13.3. The highest BCUT2D eigenvalue weighted by molar-refractivity contribution is 7.89. The van der Waals surface area contributed by atoms with Gasteiger partial charge in [0.2, 0.25) is 15.2 Å². The summed E-state index contributed by atoms with van der Waals surface area (Å²) >= 11 is 1.37. The van der Waals surface area contributed by atoms with Gasteiger partial charge in [-0.1, -0.05) is 26.0 Å². The molecule has 0 radical (unpaired) electrons. The van der Waals surface area contributed by atoms with E-state index in [0.717, 1.165) is 17.5 Å². The minimum Gasteiger partial charge on any atom is -0.504 e. The topological polar surface area (TPSA) is 104 Å². The fourth-order valence-corrected chi connectivity index (χ4v) is 6.56. The first-order valence-electron chi connectivity index (χ1n) is 11.0. The van der Waals surface area contributed by atoms with Crippen LogP contribution in [-0.4, -0.2) is 49.2 Å². The Balaban J connectivity index is 1.48. The number of phenolic OH excluding ortho intramolecular Hbond substituents is 1. The third kappa shape index (κ3) is 5.40. The minimum atomic E-state index is -3.56. The second-order valence-electron chi connectivity index (χ2n) is 8.64. The zero-order valence-corrected chi connectivity index (χ0v) is 20.9. The summed E-state index contributed by atoms with van der Waals surface area (Å²) in [4.78, 5) is 4.83. The van der Waals surface area contributed by atoms with Gasteiger partial charge in [0.25, 0.3) is 0 Å². The Labute approximate surface area is 204 Å². The molecule has 4 rings (SSSR count). The Hall–Kier alpha value is -2.95. The van der Waals surface area contributed by atoms with E-state index in [1.165, 1.54) is 24.5 Å². The van der Waals surface area contributed by atoms with Crippen LogP contribution in [0.15, 0.2) is 57.8 Å². The molecule has 1 aliphatic heterocycles. The second-order valence-corrected chi connectivity index (χ2v) is 11.4. The van der Waals surface area contributed by atoms with E-state index in [9.17, 15) is 13.5 Å². The van der Waals surface area contributed by atoms with Crippen LogP contribution >= 0.6 is 11.3 Å². The van der Waals surface area contributed by atoms with Crippen molar-refractivity contribution in [2.75, 3.05) is 25.6 Å². The van der Waals surface area contributed by atoms with Gasteiger partial charge in [0.05, 0.1) is 23.9 Å². The van der Waals surface area contributed by atoms with E-state index in [-0.39, 0.29) is 10.6 Å². The molecule has 2 unspecified atom stereocenters. The van der Waals surface area contributed by atoms with Crippen molar-refractivity contribution in [3.05, 3.63) is 53.4 Å². The summed E-state index contributed by atoms with van der Waals surface area (Å²) in [5.74, 6) is 1.11. The molecule has 0 bridgehead atoms. The van der Waals surface area contributed by atoms with Crippen molar-refractivity contribution < 1.29 is 18.3 Å². The highest BCUT2D eigenvalue weighted by Gasteiger charge is 2.31. The van der Waals surface area contributed by atoms with Gasteiger partial charge in [-0.3, -0.25) is 5.43 Å². The van der Waals surface area contributed by atoms with Gasteiger partial charge in [-0.2, -0.15) is 9.41 Å². The van der Waals surface area contributed by atoms with Gasteiger partial charge in [-0.25, -0.2) is 13.4 Å². The maximum atomic E-state index is 13.3. The van der Waals surface area contributed by atoms with Crippen molar-refractivity contribution >= 4 is 32.7 Å². The number of ether oxygens (including phenoxy) is 1. The molecule has 0 saturated carbocycles. The van der Waals surface area contributed by atoms with E-state index in [4.69, 9.17) is 4.74 Å². The van der Waals surface area contributed by atoms with Gasteiger partial charge in [0.1, 0.15) is 0 Å². The molecule has 3 aromatic rings. The summed E-state index contributed by atoms with van der Waals surface area (Å²) in [7, 11) is -2.08. The van der Waals surface area contributed by atoms with Crippen molar-refractivity contribution in [3.63, 3.8) is 0 Å². The van der Waals surface area contributed by atoms with Crippen molar-refractivity contribution in [1.29, 1.82) is 0 Å². The number of thiazole rings is 1. The smallest absolute Gasteiger partial charge is 0.243 e. The SMILES string of the molecule is COc1cc(/C=N/Nc2nc(-c3cccc(S(=O)(=O)N4CC(C)CC(C)C4)c3)cs2)ccc1O. The normalized spacial score (nSPS) is 19.4. The fourth-order valence-electron chi connectivity index (χ4n) is 4.16. The van der Waals surface area contributed by atoms with E-state index in [1.54, 1.807) is 40.9 Å². The lowest BCUT2D eigenvalue weighted by Crippen LogP contribution is -2.42. The number of hydrazone groups is 1. The average molecular weight is 501 g/mol. The standard InChI is InChI=1S/C24H28N4O4S2/c1-16-9-17(2)14-28(13-16)34(30,31)20-6-4-5-19(11-20)21-15-33-24(26-21)27-25-12-18-7-8-22(29)23(10-18)32-3/h4-8,10-12,15-17,29H,9,13-14H2,1-3H3,(H,26,27)/b25-12+. The zero-order valence-electron chi connectivity index (χ0n) is 19.3. The monoisotopic (exact) mass is 500 g/mol. The number of hydrogen-bond donors (Lipinski definition) is 2. The lowest BCUT2D eigenvalue weighted by Gasteiger charge is -2.34. The third-order valence-electron chi connectivity index (χ3n) is 5.68. The third-order valence-corrected chi connectivity index (χ3v) is 8.26. The molecule has 2 heterocycles. The quantitative estimate of drug-likeness (QED) is 0.362. The molecule has 2 atom stereocenters. The number of anilines is 1. The number of hydrogen-bond acceptors (Lipinski definition) is 8. The Morgan fingerprint density at radius 1 is 1.21 bits per heavy atom. The summed E-state index contributed by atoms with van der Waals surface area (Å²) in [6, 6.07) is 11.9. The molecular formula is C24H28N4O4S2. The summed E-state index contributed by atoms with van der Waals surface area (Å²) in [5.41, 5.74) is 5.04. The molecular weight excluding hydrogens is 472 g/mol. The predicted molar refractivity (Wildman–Crippen MR) is 135 cm³/mol. The van der Waals surface area contributed by atoms with Crippen LogP contribution in [0.3, 0.4) is 0 Å². The summed E-state index contributed by atoms with van der Waals surface area (Å²) in [5, 5.41) is 16.3. The van der Waals surface area contributed by atoms with E-state index in [1.807, 2.05) is 11.4 Å². The summed E-state index contributed by atoms with van der Waals surface area (Å²) in [6.07, 6.45) is 2.64. The van der Waals surface area contributed by atoms with E-state index < -0.39 is 10.0 Å². The average Bonchev–Trinajstić information content (AvgIpc) is 3.28. The van der Waals surface area contributed by atoms with Crippen LogP contribution in [0.2, 0.25) is 0 Å². The van der Waals surface area contributed by atoms with Crippen LogP contribution in [0.25, 0.3) is 11.3 Å². The van der Waals surface area contributed by atoms with Crippen LogP contribution in [-0.2, 0) is 10.0 Å². The molecule has 180 valence electrons. The molecule has 34 heavy (non-hydrogen) atoms. The molecule has 10 heteroatoms. The molecule has 1 fully saturated rings. The largest absolute Gasteiger partial charge is 0.504 e. The van der Waals surface area contributed by atoms with Crippen LogP contribution in [0, 0.1) is 11.8 Å². The molecule has 1 aromatic heterocycles. The molecule has 1 aliphatic rings. The number of rotatable bonds is 7. The number of aromatic nitrogens is 1. The van der Waals surface area contributed by atoms with Crippen LogP contribution in [0.4, 0.5) is 5.13 Å². The van der Waals surface area contributed by atoms with Gasteiger partial charge in [0, 0.05) is 24.0 Å². The zero-order chi connectivity index (χ0) is 24.3. The Bertz CT molecular complexity index is 1280. The first-order valence-corrected chi connectivity index (χ1v) is 13.3. The second kappa shape index (κ2) is 10.1. The number of nitrogens with zero attached hydrogens (tertiary/aromatic N) is 3. The van der Waals surface area contributed by atoms with Gasteiger partial charge in [0.15, 0.2) is 11.5 Å². The molecule has 2 aromatic carbocycles. The number of methoxy groups -OCH3 is 1. The number of piperidine rings is 1. The van der Waals surface area contributed by atoms with Crippen molar-refractivity contribution in [2.24, 2.45) is 16.9 Å². The predicted octanol–water partition coefficient (Wildman–Crippen LogP) is 4.64. The van der Waals surface area contributed by atoms with E-state index in [2.05, 4.69) is 29.4 Å². The maximum Gasteiger partial charge on any atom is 0.243 e. The van der Waals surface area contributed by atoms with Crippen LogP contribution < -0.4 is 10.2 Å². The van der Waals surface area contributed by atoms with Crippen molar-refractivity contribution in [1.82, 2.24) is 9.29 Å².